The standard InChI is InChI=1S/C27H22N6OS/c1-17-7-5-9-20(13-17)33-26(22-15-28-23-11-4-3-10-21(22)23)30-31-27(33)35-16-19-14-24(34)32-12-6-8-18(2)25(32)29-19/h3-15,28H,16H2,1-2H3. The van der Waals surface area contributed by atoms with E-state index in [1.54, 1.807) is 16.7 Å². The Bertz CT molecular complexity index is 1760. The number of thioether (sulfide) groups is 1. The number of fused-ring (bicyclic) bond motifs is 2. The van der Waals surface area contributed by atoms with Gasteiger partial charge in [-0.25, -0.2) is 4.98 Å². The van der Waals surface area contributed by atoms with Crippen LogP contribution in [0.3, 0.4) is 0 Å². The van der Waals surface area contributed by atoms with E-state index in [0.29, 0.717) is 17.1 Å². The molecule has 0 atom stereocenters. The van der Waals surface area contributed by atoms with Crippen molar-refractivity contribution in [2.45, 2.75) is 24.8 Å². The van der Waals surface area contributed by atoms with Gasteiger partial charge in [0.1, 0.15) is 5.65 Å². The van der Waals surface area contributed by atoms with Crippen molar-refractivity contribution in [1.82, 2.24) is 29.1 Å². The molecule has 172 valence electrons. The Labute approximate surface area is 205 Å². The molecule has 35 heavy (non-hydrogen) atoms. The van der Waals surface area contributed by atoms with E-state index >= 15 is 0 Å². The number of rotatable bonds is 5. The summed E-state index contributed by atoms with van der Waals surface area (Å²) >= 11 is 1.52. The molecule has 1 N–H and O–H groups in total. The first-order chi connectivity index (χ1) is 17.1. The summed E-state index contributed by atoms with van der Waals surface area (Å²) in [5, 5.41) is 11.0. The predicted octanol–water partition coefficient (Wildman–Crippen LogP) is 5.33. The topological polar surface area (TPSA) is 80.9 Å². The molecule has 0 amide bonds. The molecular formula is C27H22N6OS. The number of benzene rings is 2. The number of aryl methyl sites for hydroxylation is 2. The lowest BCUT2D eigenvalue weighted by Crippen LogP contribution is -2.15. The molecule has 6 rings (SSSR count). The normalized spacial score (nSPS) is 11.5. The van der Waals surface area contributed by atoms with E-state index in [4.69, 9.17) is 4.98 Å². The minimum absolute atomic E-state index is 0.0890. The van der Waals surface area contributed by atoms with Gasteiger partial charge in [0.05, 0.1) is 5.69 Å². The summed E-state index contributed by atoms with van der Waals surface area (Å²) in [5.41, 5.74) is 6.43. The zero-order valence-corrected chi connectivity index (χ0v) is 20.1. The number of hydrogen-bond acceptors (Lipinski definition) is 5. The van der Waals surface area contributed by atoms with Gasteiger partial charge in [-0.3, -0.25) is 13.8 Å². The van der Waals surface area contributed by atoms with E-state index in [1.165, 1.54) is 11.8 Å². The van der Waals surface area contributed by atoms with Gasteiger partial charge in [-0.1, -0.05) is 48.2 Å². The van der Waals surface area contributed by atoms with Crippen LogP contribution in [0, 0.1) is 13.8 Å². The second kappa shape index (κ2) is 8.56. The third-order valence-electron chi connectivity index (χ3n) is 6.01. The summed E-state index contributed by atoms with van der Waals surface area (Å²) in [6.07, 6.45) is 3.72. The summed E-state index contributed by atoms with van der Waals surface area (Å²) in [7, 11) is 0. The molecule has 0 spiro atoms. The van der Waals surface area contributed by atoms with Crippen LogP contribution in [0.2, 0.25) is 0 Å². The lowest BCUT2D eigenvalue weighted by Gasteiger charge is -2.11. The molecule has 0 fully saturated rings. The van der Waals surface area contributed by atoms with Crippen molar-refractivity contribution in [1.29, 1.82) is 0 Å². The fraction of sp³-hybridized carbons (Fsp3) is 0.111. The van der Waals surface area contributed by atoms with Crippen LogP contribution in [0.15, 0.2) is 89.1 Å². The Hall–Kier alpha value is -4.17. The molecule has 0 bridgehead atoms. The van der Waals surface area contributed by atoms with Crippen molar-refractivity contribution in [3.63, 3.8) is 0 Å². The second-order valence-corrected chi connectivity index (χ2v) is 9.43. The maximum absolute atomic E-state index is 12.7. The van der Waals surface area contributed by atoms with E-state index < -0.39 is 0 Å². The van der Waals surface area contributed by atoms with Crippen LogP contribution >= 0.6 is 11.8 Å². The number of hydrogen-bond donors (Lipinski definition) is 1. The number of H-pyrrole nitrogens is 1. The molecule has 7 nitrogen and oxygen atoms in total. The van der Waals surface area contributed by atoms with Crippen molar-refractivity contribution in [3.8, 4) is 17.1 Å². The van der Waals surface area contributed by atoms with Crippen LogP contribution in [0.5, 0.6) is 0 Å². The molecule has 0 radical (unpaired) electrons. The number of aromatic amines is 1. The highest BCUT2D eigenvalue weighted by Gasteiger charge is 2.19. The number of aromatic nitrogens is 6. The van der Waals surface area contributed by atoms with Crippen LogP contribution in [-0.4, -0.2) is 29.1 Å². The summed E-state index contributed by atoms with van der Waals surface area (Å²) in [5.74, 6) is 1.26. The zero-order valence-electron chi connectivity index (χ0n) is 19.3. The van der Waals surface area contributed by atoms with Crippen LogP contribution in [0.1, 0.15) is 16.8 Å². The molecule has 6 aromatic rings. The Balaban J connectivity index is 1.44. The lowest BCUT2D eigenvalue weighted by atomic mass is 10.1. The van der Waals surface area contributed by atoms with Gasteiger partial charge in [-0.15, -0.1) is 10.2 Å². The zero-order chi connectivity index (χ0) is 23.9. The largest absolute Gasteiger partial charge is 0.360 e. The summed E-state index contributed by atoms with van der Waals surface area (Å²) in [4.78, 5) is 20.7. The highest BCUT2D eigenvalue weighted by Crippen LogP contribution is 2.33. The maximum atomic E-state index is 12.7. The van der Waals surface area contributed by atoms with E-state index in [0.717, 1.165) is 44.3 Å². The Morgan fingerprint density at radius 2 is 1.86 bits per heavy atom. The van der Waals surface area contributed by atoms with Crippen molar-refractivity contribution < 1.29 is 0 Å². The molecule has 0 saturated heterocycles. The fourth-order valence-corrected chi connectivity index (χ4v) is 5.16. The van der Waals surface area contributed by atoms with Crippen LogP contribution < -0.4 is 5.56 Å². The SMILES string of the molecule is Cc1cccc(-n2c(SCc3cc(=O)n4cccc(C)c4n3)nnc2-c2c[nH]c3ccccc23)c1. The molecule has 0 unspecified atom stereocenters. The quantitative estimate of drug-likeness (QED) is 0.339. The first-order valence-electron chi connectivity index (χ1n) is 11.3. The minimum Gasteiger partial charge on any atom is -0.360 e. The molecule has 0 aliphatic carbocycles. The highest BCUT2D eigenvalue weighted by molar-refractivity contribution is 7.98. The number of pyridine rings is 1. The van der Waals surface area contributed by atoms with Gasteiger partial charge in [0.2, 0.25) is 0 Å². The Kier molecular flexibility index (Phi) is 5.22. The summed E-state index contributed by atoms with van der Waals surface area (Å²) in [6, 6.07) is 21.9. The number of nitrogens with zero attached hydrogens (tertiary/aromatic N) is 5. The first-order valence-corrected chi connectivity index (χ1v) is 12.3. The van der Waals surface area contributed by atoms with E-state index in [9.17, 15) is 4.79 Å². The van der Waals surface area contributed by atoms with Gasteiger partial charge < -0.3 is 4.98 Å². The number of para-hydroxylation sites is 1. The molecule has 4 heterocycles. The van der Waals surface area contributed by atoms with Crippen LogP contribution in [0.25, 0.3) is 33.6 Å². The molecular weight excluding hydrogens is 456 g/mol. The van der Waals surface area contributed by atoms with E-state index in [2.05, 4.69) is 50.9 Å². The van der Waals surface area contributed by atoms with Gasteiger partial charge in [-0.2, -0.15) is 0 Å². The molecule has 8 heteroatoms. The molecule has 4 aromatic heterocycles. The third-order valence-corrected chi connectivity index (χ3v) is 6.97. The smallest absolute Gasteiger partial charge is 0.258 e. The highest BCUT2D eigenvalue weighted by atomic mass is 32.2. The van der Waals surface area contributed by atoms with E-state index in [1.807, 2.05) is 49.5 Å². The first kappa shape index (κ1) is 21.4. The number of nitrogens with one attached hydrogen (secondary N) is 1. The van der Waals surface area contributed by atoms with Crippen molar-refractivity contribution in [2.24, 2.45) is 0 Å². The molecule has 2 aromatic carbocycles. The van der Waals surface area contributed by atoms with Crippen LogP contribution in [0.4, 0.5) is 0 Å². The fourth-order valence-electron chi connectivity index (χ4n) is 4.32. The Morgan fingerprint density at radius 1 is 0.971 bits per heavy atom. The average molecular weight is 479 g/mol. The Morgan fingerprint density at radius 3 is 2.74 bits per heavy atom. The molecule has 0 saturated carbocycles. The van der Waals surface area contributed by atoms with Gasteiger partial charge in [0, 0.05) is 46.4 Å². The van der Waals surface area contributed by atoms with Gasteiger partial charge in [0.25, 0.3) is 5.56 Å². The summed E-state index contributed by atoms with van der Waals surface area (Å²) in [6.45, 7) is 4.03. The van der Waals surface area contributed by atoms with Gasteiger partial charge in [0.15, 0.2) is 11.0 Å². The lowest BCUT2D eigenvalue weighted by molar-refractivity contribution is 0.883. The van der Waals surface area contributed by atoms with Crippen LogP contribution in [-0.2, 0) is 5.75 Å². The summed E-state index contributed by atoms with van der Waals surface area (Å²) < 4.78 is 3.65. The van der Waals surface area contributed by atoms with Gasteiger partial charge >= 0.3 is 0 Å². The molecule has 0 aliphatic rings. The minimum atomic E-state index is -0.0890. The predicted molar refractivity (Wildman–Crippen MR) is 139 cm³/mol. The van der Waals surface area contributed by atoms with Crippen molar-refractivity contribution in [2.75, 3.05) is 0 Å². The second-order valence-electron chi connectivity index (χ2n) is 8.49. The third kappa shape index (κ3) is 3.81. The monoisotopic (exact) mass is 478 g/mol. The van der Waals surface area contributed by atoms with E-state index in [-0.39, 0.29) is 5.56 Å². The van der Waals surface area contributed by atoms with Crippen molar-refractivity contribution >= 4 is 28.3 Å². The van der Waals surface area contributed by atoms with Crippen molar-refractivity contribution in [3.05, 3.63) is 106 Å². The van der Waals surface area contributed by atoms with Gasteiger partial charge in [-0.05, 0) is 49.2 Å². The average Bonchev–Trinajstić information content (AvgIpc) is 3.47. The molecule has 0 aliphatic heterocycles. The maximum Gasteiger partial charge on any atom is 0.258 e.